The first-order valence-corrected chi connectivity index (χ1v) is 7.38. The molecule has 0 unspecified atom stereocenters. The number of hydrogen-bond donors (Lipinski definition) is 1. The Morgan fingerprint density at radius 1 is 1.38 bits per heavy atom. The lowest BCUT2D eigenvalue weighted by Crippen LogP contribution is -2.31. The molecule has 1 aromatic carbocycles. The van der Waals surface area contributed by atoms with Gasteiger partial charge in [0.1, 0.15) is 0 Å². The van der Waals surface area contributed by atoms with Crippen molar-refractivity contribution in [1.82, 2.24) is 9.88 Å². The third-order valence-electron chi connectivity index (χ3n) is 3.87. The van der Waals surface area contributed by atoms with Crippen LogP contribution >= 0.6 is 0 Å². The molecule has 4 nitrogen and oxygen atoms in total. The third-order valence-corrected chi connectivity index (χ3v) is 3.87. The number of hydrogen-bond acceptors (Lipinski definition) is 2. The number of carbonyl (C=O) groups is 1. The smallest absolute Gasteiger partial charge is 0.251 e. The molecule has 1 aliphatic rings. The summed E-state index contributed by atoms with van der Waals surface area (Å²) in [5, 5.41) is 2.96. The molecule has 0 aliphatic carbocycles. The van der Waals surface area contributed by atoms with E-state index in [4.69, 9.17) is 4.74 Å². The molecule has 4 heteroatoms. The van der Waals surface area contributed by atoms with Crippen LogP contribution in [0.25, 0.3) is 5.69 Å². The lowest BCUT2D eigenvalue weighted by molar-refractivity contribution is 0.0858. The van der Waals surface area contributed by atoms with Gasteiger partial charge in [0.2, 0.25) is 0 Å². The molecule has 1 N–H and O–H groups in total. The van der Waals surface area contributed by atoms with Gasteiger partial charge in [-0.3, -0.25) is 4.79 Å². The molecule has 1 aromatic heterocycles. The molecule has 1 fully saturated rings. The average molecular weight is 284 g/mol. The zero-order chi connectivity index (χ0) is 14.7. The molecule has 110 valence electrons. The molecule has 0 radical (unpaired) electrons. The molecule has 1 amide bonds. The van der Waals surface area contributed by atoms with E-state index in [1.165, 1.54) is 0 Å². The Hall–Kier alpha value is -2.07. The van der Waals surface area contributed by atoms with Crippen molar-refractivity contribution in [2.75, 3.05) is 13.2 Å². The molecule has 1 saturated heterocycles. The van der Waals surface area contributed by atoms with E-state index in [1.807, 2.05) is 54.2 Å². The summed E-state index contributed by atoms with van der Waals surface area (Å²) < 4.78 is 7.54. The number of amides is 1. The number of nitrogens with zero attached hydrogens (tertiary/aromatic N) is 1. The van der Waals surface area contributed by atoms with Crippen LogP contribution in [0.3, 0.4) is 0 Å². The quantitative estimate of drug-likeness (QED) is 0.938. The summed E-state index contributed by atoms with van der Waals surface area (Å²) in [6.45, 7) is 3.44. The van der Waals surface area contributed by atoms with E-state index in [1.54, 1.807) is 0 Å². The first kappa shape index (κ1) is 13.9. The largest absolute Gasteiger partial charge is 0.376 e. The second-order valence-electron chi connectivity index (χ2n) is 5.44. The maximum absolute atomic E-state index is 12.3. The highest BCUT2D eigenvalue weighted by Gasteiger charge is 2.17. The summed E-state index contributed by atoms with van der Waals surface area (Å²) >= 11 is 0. The van der Waals surface area contributed by atoms with Crippen LogP contribution < -0.4 is 5.32 Å². The van der Waals surface area contributed by atoms with Crippen molar-refractivity contribution in [1.29, 1.82) is 0 Å². The van der Waals surface area contributed by atoms with Crippen LogP contribution in [-0.2, 0) is 4.74 Å². The highest BCUT2D eigenvalue weighted by atomic mass is 16.5. The Balaban J connectivity index is 1.72. The number of rotatable bonds is 4. The zero-order valence-corrected chi connectivity index (χ0v) is 12.2. The van der Waals surface area contributed by atoms with Gasteiger partial charge in [-0.05, 0) is 49.6 Å². The van der Waals surface area contributed by atoms with Crippen LogP contribution in [0.2, 0.25) is 0 Å². The standard InChI is InChI=1S/C17H20N2O2/c1-13-6-7-14(11-16(13)19-8-2-3-9-19)17(20)18-12-15-5-4-10-21-15/h2-3,6-9,11,15H,4-5,10,12H2,1H3,(H,18,20)/t15-/m0/s1. The minimum atomic E-state index is -0.0427. The Morgan fingerprint density at radius 3 is 2.90 bits per heavy atom. The van der Waals surface area contributed by atoms with Gasteiger partial charge in [0.15, 0.2) is 0 Å². The Labute approximate surface area is 124 Å². The summed E-state index contributed by atoms with van der Waals surface area (Å²) in [5.74, 6) is -0.0427. The van der Waals surface area contributed by atoms with E-state index in [9.17, 15) is 4.79 Å². The summed E-state index contributed by atoms with van der Waals surface area (Å²) in [4.78, 5) is 12.3. The summed E-state index contributed by atoms with van der Waals surface area (Å²) in [6.07, 6.45) is 6.25. The first-order valence-electron chi connectivity index (χ1n) is 7.38. The van der Waals surface area contributed by atoms with Crippen LogP contribution in [-0.4, -0.2) is 29.7 Å². The monoisotopic (exact) mass is 284 g/mol. The molecule has 1 atom stereocenters. The highest BCUT2D eigenvalue weighted by Crippen LogP contribution is 2.17. The van der Waals surface area contributed by atoms with Crippen LogP contribution in [0.15, 0.2) is 42.7 Å². The number of aromatic nitrogens is 1. The van der Waals surface area contributed by atoms with E-state index >= 15 is 0 Å². The van der Waals surface area contributed by atoms with Gasteiger partial charge in [0, 0.05) is 36.8 Å². The summed E-state index contributed by atoms with van der Waals surface area (Å²) in [5.41, 5.74) is 2.86. The maximum Gasteiger partial charge on any atom is 0.251 e. The Bertz CT molecular complexity index is 614. The molecule has 21 heavy (non-hydrogen) atoms. The van der Waals surface area contributed by atoms with E-state index in [-0.39, 0.29) is 12.0 Å². The second-order valence-corrected chi connectivity index (χ2v) is 5.44. The fourth-order valence-electron chi connectivity index (χ4n) is 2.64. The van der Waals surface area contributed by atoms with Gasteiger partial charge in [-0.1, -0.05) is 6.07 Å². The molecule has 3 rings (SSSR count). The van der Waals surface area contributed by atoms with Crippen molar-refractivity contribution in [3.8, 4) is 5.69 Å². The third kappa shape index (κ3) is 3.16. The maximum atomic E-state index is 12.3. The van der Waals surface area contributed by atoms with E-state index in [2.05, 4.69) is 5.32 Å². The molecule has 0 spiro atoms. The average Bonchev–Trinajstić information content (AvgIpc) is 3.18. The zero-order valence-electron chi connectivity index (χ0n) is 12.2. The van der Waals surface area contributed by atoms with Crippen molar-refractivity contribution in [3.63, 3.8) is 0 Å². The minimum absolute atomic E-state index is 0.0427. The predicted molar refractivity (Wildman–Crippen MR) is 81.8 cm³/mol. The number of nitrogens with one attached hydrogen (secondary N) is 1. The molecular weight excluding hydrogens is 264 g/mol. The van der Waals surface area contributed by atoms with E-state index < -0.39 is 0 Å². The second kappa shape index (κ2) is 6.14. The lowest BCUT2D eigenvalue weighted by Gasteiger charge is -2.13. The van der Waals surface area contributed by atoms with Crippen molar-refractivity contribution >= 4 is 5.91 Å². The van der Waals surface area contributed by atoms with Gasteiger partial charge < -0.3 is 14.6 Å². The first-order chi connectivity index (χ1) is 10.2. The molecule has 0 saturated carbocycles. The topological polar surface area (TPSA) is 43.3 Å². The Kier molecular flexibility index (Phi) is 4.06. The fourth-order valence-corrected chi connectivity index (χ4v) is 2.64. The number of ether oxygens (including phenoxy) is 1. The van der Waals surface area contributed by atoms with Gasteiger partial charge in [0.25, 0.3) is 5.91 Å². The van der Waals surface area contributed by atoms with E-state index in [0.29, 0.717) is 12.1 Å². The van der Waals surface area contributed by atoms with E-state index in [0.717, 1.165) is 30.7 Å². The van der Waals surface area contributed by atoms with Gasteiger partial charge in [0.05, 0.1) is 6.10 Å². The summed E-state index contributed by atoms with van der Waals surface area (Å²) in [7, 11) is 0. The normalized spacial score (nSPS) is 17.9. The molecular formula is C17H20N2O2. The molecule has 2 heterocycles. The van der Waals surface area contributed by atoms with Gasteiger partial charge in [-0.25, -0.2) is 0 Å². The van der Waals surface area contributed by atoms with Crippen molar-refractivity contribution < 1.29 is 9.53 Å². The summed E-state index contributed by atoms with van der Waals surface area (Å²) in [6, 6.07) is 9.73. The van der Waals surface area contributed by atoms with Gasteiger partial charge in [-0.15, -0.1) is 0 Å². The predicted octanol–water partition coefficient (Wildman–Crippen LogP) is 2.69. The van der Waals surface area contributed by atoms with Gasteiger partial charge >= 0.3 is 0 Å². The van der Waals surface area contributed by atoms with Crippen molar-refractivity contribution in [2.24, 2.45) is 0 Å². The number of benzene rings is 1. The fraction of sp³-hybridized carbons (Fsp3) is 0.353. The van der Waals surface area contributed by atoms with Crippen LogP contribution in [0.5, 0.6) is 0 Å². The van der Waals surface area contributed by atoms with Gasteiger partial charge in [-0.2, -0.15) is 0 Å². The molecule has 2 aromatic rings. The van der Waals surface area contributed by atoms with Crippen LogP contribution in [0, 0.1) is 6.92 Å². The number of aryl methyl sites for hydroxylation is 1. The number of carbonyl (C=O) groups excluding carboxylic acids is 1. The van der Waals surface area contributed by atoms with Crippen LogP contribution in [0.4, 0.5) is 0 Å². The minimum Gasteiger partial charge on any atom is -0.376 e. The lowest BCUT2D eigenvalue weighted by atomic mass is 10.1. The van der Waals surface area contributed by atoms with Crippen molar-refractivity contribution in [3.05, 3.63) is 53.9 Å². The van der Waals surface area contributed by atoms with Crippen molar-refractivity contribution in [2.45, 2.75) is 25.9 Å². The highest BCUT2D eigenvalue weighted by molar-refractivity contribution is 5.94. The van der Waals surface area contributed by atoms with Crippen LogP contribution in [0.1, 0.15) is 28.8 Å². The Morgan fingerprint density at radius 2 is 2.19 bits per heavy atom. The molecule has 1 aliphatic heterocycles. The molecule has 0 bridgehead atoms. The SMILES string of the molecule is Cc1ccc(C(=O)NC[C@@H]2CCCO2)cc1-n1cccc1.